The van der Waals surface area contributed by atoms with Gasteiger partial charge in [0.05, 0.1) is 18.2 Å². The fourth-order valence-corrected chi connectivity index (χ4v) is 2.70. The molecule has 3 rings (SSSR count). The van der Waals surface area contributed by atoms with Gasteiger partial charge in [-0.05, 0) is 32.0 Å². The first-order valence-electron chi connectivity index (χ1n) is 8.70. The summed E-state index contributed by atoms with van der Waals surface area (Å²) in [5.74, 6) is 0.194. The summed E-state index contributed by atoms with van der Waals surface area (Å²) in [6, 6.07) is 14.3. The fourth-order valence-electron chi connectivity index (χ4n) is 2.70. The molecule has 1 amide bonds. The van der Waals surface area contributed by atoms with E-state index >= 15 is 0 Å². The molecular formula is C20H20N4O3. The number of carbonyl (C=O) groups is 1. The number of nitrogens with one attached hydrogen (secondary N) is 1. The highest BCUT2D eigenvalue weighted by Gasteiger charge is 2.15. The predicted octanol–water partition coefficient (Wildman–Crippen LogP) is 2.58. The highest BCUT2D eigenvalue weighted by Crippen LogP contribution is 2.16. The summed E-state index contributed by atoms with van der Waals surface area (Å²) in [5, 5.41) is 9.14. The van der Waals surface area contributed by atoms with Crippen LogP contribution in [0.2, 0.25) is 0 Å². The largest absolute Gasteiger partial charge is 0.493 e. The zero-order valence-electron chi connectivity index (χ0n) is 15.2. The van der Waals surface area contributed by atoms with Gasteiger partial charge in [0.2, 0.25) is 0 Å². The molecule has 0 bridgehead atoms. The van der Waals surface area contributed by atoms with E-state index in [4.69, 9.17) is 4.74 Å². The number of carbonyl (C=O) groups excluding carboxylic acids is 1. The molecule has 0 spiro atoms. The molecule has 0 saturated carbocycles. The SMILES string of the molecule is CCOc1ccccc1/C=N/NC(=O)c1nn(CC)c(=O)c2ccccc12. The molecule has 27 heavy (non-hydrogen) atoms. The molecule has 7 heteroatoms. The Bertz CT molecular complexity index is 1060. The van der Waals surface area contributed by atoms with Crippen LogP contribution in [-0.4, -0.2) is 28.5 Å². The maximum atomic E-state index is 12.6. The molecular weight excluding hydrogens is 344 g/mol. The standard InChI is InChI=1S/C20H20N4O3/c1-3-24-20(26)16-11-7-6-10-15(16)18(23-24)19(25)22-21-13-14-9-5-8-12-17(14)27-4-2/h5-13H,3-4H2,1-2H3,(H,22,25)/b21-13+. The molecule has 3 aromatic rings. The van der Waals surface area contributed by atoms with Gasteiger partial charge in [0.25, 0.3) is 11.5 Å². The molecule has 0 radical (unpaired) electrons. The number of para-hydroxylation sites is 1. The van der Waals surface area contributed by atoms with Crippen molar-refractivity contribution >= 4 is 22.9 Å². The van der Waals surface area contributed by atoms with E-state index in [1.165, 1.54) is 10.9 Å². The third kappa shape index (κ3) is 3.87. The van der Waals surface area contributed by atoms with Crippen molar-refractivity contribution in [3.8, 4) is 5.75 Å². The lowest BCUT2D eigenvalue weighted by Gasteiger charge is -2.08. The molecule has 138 valence electrons. The van der Waals surface area contributed by atoms with Crippen molar-refractivity contribution in [1.82, 2.24) is 15.2 Å². The van der Waals surface area contributed by atoms with E-state index < -0.39 is 5.91 Å². The van der Waals surface area contributed by atoms with E-state index in [0.717, 1.165) is 5.56 Å². The zero-order chi connectivity index (χ0) is 19.2. The van der Waals surface area contributed by atoms with E-state index in [0.29, 0.717) is 29.7 Å². The van der Waals surface area contributed by atoms with E-state index in [9.17, 15) is 9.59 Å². The number of aromatic nitrogens is 2. The smallest absolute Gasteiger partial charge is 0.292 e. The number of nitrogens with zero attached hydrogens (tertiary/aromatic N) is 3. The molecule has 1 heterocycles. The molecule has 7 nitrogen and oxygen atoms in total. The molecule has 0 aliphatic heterocycles. The van der Waals surface area contributed by atoms with Crippen molar-refractivity contribution in [2.75, 3.05) is 6.61 Å². The molecule has 0 aliphatic carbocycles. The normalized spacial score (nSPS) is 11.0. The number of fused-ring (bicyclic) bond motifs is 1. The van der Waals surface area contributed by atoms with Crippen LogP contribution in [0.1, 0.15) is 29.9 Å². The second kappa shape index (κ2) is 8.27. The van der Waals surface area contributed by atoms with Crippen LogP contribution >= 0.6 is 0 Å². The van der Waals surface area contributed by atoms with E-state index in [-0.39, 0.29) is 11.3 Å². The molecule has 0 fully saturated rings. The van der Waals surface area contributed by atoms with Crippen LogP contribution in [-0.2, 0) is 6.54 Å². The Kier molecular flexibility index (Phi) is 5.61. The van der Waals surface area contributed by atoms with Gasteiger partial charge < -0.3 is 4.74 Å². The number of rotatable bonds is 6. The van der Waals surface area contributed by atoms with Gasteiger partial charge in [-0.15, -0.1) is 0 Å². The molecule has 0 saturated heterocycles. The van der Waals surface area contributed by atoms with Gasteiger partial charge in [0.1, 0.15) is 5.75 Å². The Labute approximate surface area is 156 Å². The van der Waals surface area contributed by atoms with Crippen LogP contribution in [0.5, 0.6) is 5.75 Å². The number of amides is 1. The van der Waals surface area contributed by atoms with Crippen molar-refractivity contribution in [3.63, 3.8) is 0 Å². The Morgan fingerprint density at radius 2 is 1.85 bits per heavy atom. The lowest BCUT2D eigenvalue weighted by Crippen LogP contribution is -2.28. The van der Waals surface area contributed by atoms with Gasteiger partial charge in [-0.25, -0.2) is 10.1 Å². The van der Waals surface area contributed by atoms with Crippen LogP contribution in [0.25, 0.3) is 10.8 Å². The number of hydrazone groups is 1. The first-order chi connectivity index (χ1) is 13.2. The highest BCUT2D eigenvalue weighted by molar-refractivity contribution is 6.05. The first-order valence-corrected chi connectivity index (χ1v) is 8.70. The van der Waals surface area contributed by atoms with Gasteiger partial charge >= 0.3 is 0 Å². The van der Waals surface area contributed by atoms with Crippen molar-refractivity contribution in [2.45, 2.75) is 20.4 Å². The van der Waals surface area contributed by atoms with Crippen LogP contribution in [0, 0.1) is 0 Å². The van der Waals surface area contributed by atoms with Gasteiger partial charge in [-0.1, -0.05) is 30.3 Å². The Hall–Kier alpha value is -3.48. The summed E-state index contributed by atoms with van der Waals surface area (Å²) in [4.78, 5) is 25.0. The summed E-state index contributed by atoms with van der Waals surface area (Å²) < 4.78 is 6.80. The zero-order valence-corrected chi connectivity index (χ0v) is 15.2. The minimum absolute atomic E-state index is 0.155. The minimum Gasteiger partial charge on any atom is -0.493 e. The summed E-state index contributed by atoms with van der Waals surface area (Å²) in [5.41, 5.74) is 3.15. The third-order valence-electron chi connectivity index (χ3n) is 3.97. The van der Waals surface area contributed by atoms with Crippen molar-refractivity contribution < 1.29 is 9.53 Å². The number of hydrogen-bond donors (Lipinski definition) is 1. The third-order valence-corrected chi connectivity index (χ3v) is 3.97. The maximum Gasteiger partial charge on any atom is 0.292 e. The summed E-state index contributed by atoms with van der Waals surface area (Å²) in [6.45, 7) is 4.60. The summed E-state index contributed by atoms with van der Waals surface area (Å²) >= 11 is 0. The second-order valence-corrected chi connectivity index (χ2v) is 5.69. The van der Waals surface area contributed by atoms with Gasteiger partial charge in [0, 0.05) is 17.5 Å². The lowest BCUT2D eigenvalue weighted by atomic mass is 10.1. The fraction of sp³-hybridized carbons (Fsp3) is 0.200. The van der Waals surface area contributed by atoms with Gasteiger partial charge in [-0.3, -0.25) is 9.59 Å². The molecule has 1 aromatic heterocycles. The van der Waals surface area contributed by atoms with Crippen LogP contribution < -0.4 is 15.7 Å². The van der Waals surface area contributed by atoms with E-state index in [1.807, 2.05) is 31.2 Å². The molecule has 2 aromatic carbocycles. The van der Waals surface area contributed by atoms with Crippen molar-refractivity contribution in [1.29, 1.82) is 0 Å². The molecule has 0 aliphatic rings. The average molecular weight is 364 g/mol. The Morgan fingerprint density at radius 1 is 1.15 bits per heavy atom. The molecule has 0 atom stereocenters. The van der Waals surface area contributed by atoms with Gasteiger partial charge in [-0.2, -0.15) is 10.2 Å². The second-order valence-electron chi connectivity index (χ2n) is 5.69. The molecule has 1 N–H and O–H groups in total. The molecule has 0 unspecified atom stereocenters. The highest BCUT2D eigenvalue weighted by atomic mass is 16.5. The van der Waals surface area contributed by atoms with Crippen molar-refractivity contribution in [2.24, 2.45) is 5.10 Å². The van der Waals surface area contributed by atoms with E-state index in [1.54, 1.807) is 31.2 Å². The minimum atomic E-state index is -0.487. The number of benzene rings is 2. The average Bonchev–Trinajstić information content (AvgIpc) is 2.70. The van der Waals surface area contributed by atoms with E-state index in [2.05, 4.69) is 15.6 Å². The number of hydrogen-bond acceptors (Lipinski definition) is 5. The lowest BCUT2D eigenvalue weighted by molar-refractivity contribution is 0.0949. The number of aryl methyl sites for hydroxylation is 1. The van der Waals surface area contributed by atoms with Crippen LogP contribution in [0.3, 0.4) is 0 Å². The predicted molar refractivity (Wildman–Crippen MR) is 104 cm³/mol. The summed E-state index contributed by atoms with van der Waals surface area (Å²) in [6.07, 6.45) is 1.51. The maximum absolute atomic E-state index is 12.6. The topological polar surface area (TPSA) is 85.6 Å². The summed E-state index contributed by atoms with van der Waals surface area (Å²) in [7, 11) is 0. The first kappa shape index (κ1) is 18.3. The van der Waals surface area contributed by atoms with Crippen LogP contribution in [0.4, 0.5) is 0 Å². The van der Waals surface area contributed by atoms with Crippen LogP contribution in [0.15, 0.2) is 58.4 Å². The Balaban J connectivity index is 1.89. The van der Waals surface area contributed by atoms with Crippen molar-refractivity contribution in [3.05, 3.63) is 70.1 Å². The Morgan fingerprint density at radius 3 is 2.59 bits per heavy atom. The van der Waals surface area contributed by atoms with Gasteiger partial charge in [0.15, 0.2) is 5.69 Å². The quantitative estimate of drug-likeness (QED) is 0.538. The number of ether oxygens (including phenoxy) is 1. The monoisotopic (exact) mass is 364 g/mol.